The predicted molar refractivity (Wildman–Crippen MR) is 129 cm³/mol. The number of methoxy groups -OCH3 is 1. The molecule has 3 aromatic carbocycles. The summed E-state index contributed by atoms with van der Waals surface area (Å²) in [5.74, 6) is -0.455. The summed E-state index contributed by atoms with van der Waals surface area (Å²) in [6.45, 7) is 0. The first-order chi connectivity index (χ1) is 15.4. The third-order valence-electron chi connectivity index (χ3n) is 4.43. The van der Waals surface area contributed by atoms with Gasteiger partial charge in [-0.25, -0.2) is 9.59 Å². The molecule has 0 bridgehead atoms. The minimum absolute atomic E-state index is 0.167. The highest BCUT2D eigenvalue weighted by Crippen LogP contribution is 2.31. The number of hydrogen-bond acceptors (Lipinski definition) is 6. The summed E-state index contributed by atoms with van der Waals surface area (Å²) in [5.41, 5.74) is 3.16. The molecule has 0 unspecified atom stereocenters. The summed E-state index contributed by atoms with van der Waals surface area (Å²) in [7, 11) is 5.39. The third-order valence-corrected chi connectivity index (χ3v) is 5.31. The van der Waals surface area contributed by atoms with Crippen molar-refractivity contribution in [3.63, 3.8) is 0 Å². The Morgan fingerprint density at radius 3 is 2.22 bits per heavy atom. The fourth-order valence-electron chi connectivity index (χ4n) is 2.82. The number of benzene rings is 3. The van der Waals surface area contributed by atoms with Crippen LogP contribution in [0, 0.1) is 0 Å². The SMILES string of the molecule is COc1ccc(C(=O)O)cc1SNc1cccc(NC(=O)Nc2cccc(N(C)C)c2)c1. The first-order valence-corrected chi connectivity index (χ1v) is 10.5. The Hall–Kier alpha value is -3.85. The molecule has 8 nitrogen and oxygen atoms in total. The number of aromatic carboxylic acids is 1. The van der Waals surface area contributed by atoms with E-state index >= 15 is 0 Å². The van der Waals surface area contributed by atoms with Crippen molar-refractivity contribution in [2.45, 2.75) is 4.90 Å². The molecule has 3 aromatic rings. The van der Waals surface area contributed by atoms with Crippen molar-refractivity contribution in [1.29, 1.82) is 0 Å². The van der Waals surface area contributed by atoms with Crippen LogP contribution in [0.1, 0.15) is 10.4 Å². The Labute approximate surface area is 190 Å². The molecule has 166 valence electrons. The Bertz CT molecular complexity index is 1120. The third kappa shape index (κ3) is 6.08. The number of carbonyl (C=O) groups is 2. The van der Waals surface area contributed by atoms with Gasteiger partial charge >= 0.3 is 12.0 Å². The number of anilines is 4. The summed E-state index contributed by atoms with van der Waals surface area (Å²) in [4.78, 5) is 26.2. The highest BCUT2D eigenvalue weighted by atomic mass is 32.2. The van der Waals surface area contributed by atoms with Gasteiger partial charge in [-0.1, -0.05) is 12.1 Å². The lowest BCUT2D eigenvalue weighted by Gasteiger charge is -2.14. The molecule has 0 aliphatic heterocycles. The lowest BCUT2D eigenvalue weighted by molar-refractivity contribution is 0.0696. The first-order valence-electron chi connectivity index (χ1n) is 9.65. The first kappa shape index (κ1) is 22.8. The van der Waals surface area contributed by atoms with E-state index in [-0.39, 0.29) is 11.6 Å². The van der Waals surface area contributed by atoms with Crippen LogP contribution in [0.2, 0.25) is 0 Å². The number of carboxylic acid groups (broad SMARTS) is 1. The number of rotatable bonds is 8. The van der Waals surface area contributed by atoms with Gasteiger partial charge in [0.15, 0.2) is 0 Å². The fraction of sp³-hybridized carbons (Fsp3) is 0.130. The molecule has 32 heavy (non-hydrogen) atoms. The van der Waals surface area contributed by atoms with Crippen molar-refractivity contribution in [3.05, 3.63) is 72.3 Å². The molecule has 3 rings (SSSR count). The average Bonchev–Trinajstić information content (AvgIpc) is 2.77. The minimum atomic E-state index is -1.01. The van der Waals surface area contributed by atoms with Gasteiger partial charge in [-0.3, -0.25) is 0 Å². The molecule has 0 radical (unpaired) electrons. The number of carbonyl (C=O) groups excluding carboxylic acids is 1. The predicted octanol–water partition coefficient (Wildman–Crippen LogP) is 5.22. The molecule has 4 N–H and O–H groups in total. The van der Waals surface area contributed by atoms with Gasteiger partial charge in [-0.15, -0.1) is 0 Å². The lowest BCUT2D eigenvalue weighted by atomic mass is 10.2. The second kappa shape index (κ2) is 10.5. The molecule has 0 spiro atoms. The Balaban J connectivity index is 1.64. The van der Waals surface area contributed by atoms with Crippen LogP contribution in [0.4, 0.5) is 27.5 Å². The summed E-state index contributed by atoms with van der Waals surface area (Å²) < 4.78 is 8.45. The van der Waals surface area contributed by atoms with Crippen LogP contribution >= 0.6 is 11.9 Å². The van der Waals surface area contributed by atoms with Crippen LogP contribution in [-0.4, -0.2) is 38.3 Å². The van der Waals surface area contributed by atoms with E-state index in [2.05, 4.69) is 15.4 Å². The van der Waals surface area contributed by atoms with Crippen LogP contribution in [-0.2, 0) is 0 Å². The van der Waals surface area contributed by atoms with Gasteiger partial charge in [0, 0.05) is 36.8 Å². The molecule has 0 saturated heterocycles. The smallest absolute Gasteiger partial charge is 0.335 e. The molecule has 0 aliphatic carbocycles. The number of amides is 2. The van der Waals surface area contributed by atoms with Gasteiger partial charge in [0.1, 0.15) is 5.75 Å². The van der Waals surface area contributed by atoms with E-state index < -0.39 is 5.97 Å². The maximum absolute atomic E-state index is 12.4. The summed E-state index contributed by atoms with van der Waals surface area (Å²) in [5, 5.41) is 14.8. The molecule has 0 atom stereocenters. The highest BCUT2D eigenvalue weighted by molar-refractivity contribution is 8.00. The average molecular weight is 453 g/mol. The number of urea groups is 1. The van der Waals surface area contributed by atoms with Crippen LogP contribution in [0.3, 0.4) is 0 Å². The van der Waals surface area contributed by atoms with Gasteiger partial charge < -0.3 is 30.1 Å². The van der Waals surface area contributed by atoms with E-state index in [0.717, 1.165) is 11.4 Å². The molecule has 0 saturated carbocycles. The van der Waals surface area contributed by atoms with Crippen molar-refractivity contribution in [2.24, 2.45) is 0 Å². The number of nitrogens with zero attached hydrogens (tertiary/aromatic N) is 1. The van der Waals surface area contributed by atoms with E-state index in [9.17, 15) is 14.7 Å². The molecule has 2 amide bonds. The van der Waals surface area contributed by atoms with Crippen molar-refractivity contribution >= 4 is 46.7 Å². The zero-order chi connectivity index (χ0) is 23.1. The fourth-order valence-corrected chi connectivity index (χ4v) is 3.61. The Kier molecular flexibility index (Phi) is 7.45. The van der Waals surface area contributed by atoms with Crippen molar-refractivity contribution in [3.8, 4) is 5.75 Å². The van der Waals surface area contributed by atoms with Crippen molar-refractivity contribution in [2.75, 3.05) is 41.5 Å². The molecular formula is C23H24N4O4S. The van der Waals surface area contributed by atoms with E-state index in [4.69, 9.17) is 4.74 Å². The zero-order valence-electron chi connectivity index (χ0n) is 17.9. The minimum Gasteiger partial charge on any atom is -0.496 e. The van der Waals surface area contributed by atoms with Crippen LogP contribution in [0.25, 0.3) is 0 Å². The number of nitrogens with one attached hydrogen (secondary N) is 3. The maximum atomic E-state index is 12.4. The van der Waals surface area contributed by atoms with Crippen LogP contribution in [0.5, 0.6) is 5.75 Å². The molecular weight excluding hydrogens is 428 g/mol. The monoisotopic (exact) mass is 452 g/mol. The second-order valence-electron chi connectivity index (χ2n) is 6.98. The number of ether oxygens (including phenoxy) is 1. The van der Waals surface area contributed by atoms with E-state index in [1.165, 1.54) is 31.2 Å². The van der Waals surface area contributed by atoms with E-state index in [0.29, 0.717) is 22.0 Å². The molecule has 9 heteroatoms. The van der Waals surface area contributed by atoms with Gasteiger partial charge in [0.05, 0.1) is 17.6 Å². The molecule has 0 fully saturated rings. The zero-order valence-corrected chi connectivity index (χ0v) is 18.7. The highest BCUT2D eigenvalue weighted by Gasteiger charge is 2.10. The largest absolute Gasteiger partial charge is 0.496 e. The van der Waals surface area contributed by atoms with Gasteiger partial charge in [-0.2, -0.15) is 0 Å². The Morgan fingerprint density at radius 1 is 0.906 bits per heavy atom. The lowest BCUT2D eigenvalue weighted by Crippen LogP contribution is -2.19. The topological polar surface area (TPSA) is 103 Å². The van der Waals surface area contributed by atoms with Gasteiger partial charge in [-0.05, 0) is 66.5 Å². The van der Waals surface area contributed by atoms with E-state index in [1.807, 2.05) is 49.3 Å². The quantitative estimate of drug-likeness (QED) is 0.347. The van der Waals surface area contributed by atoms with Gasteiger partial charge in [0.2, 0.25) is 0 Å². The Morgan fingerprint density at radius 2 is 1.56 bits per heavy atom. The van der Waals surface area contributed by atoms with Crippen molar-refractivity contribution in [1.82, 2.24) is 0 Å². The summed E-state index contributed by atoms with van der Waals surface area (Å²) >= 11 is 1.22. The number of carboxylic acids is 1. The van der Waals surface area contributed by atoms with Crippen molar-refractivity contribution < 1.29 is 19.4 Å². The summed E-state index contributed by atoms with van der Waals surface area (Å²) in [6, 6.07) is 19.0. The normalized spacial score (nSPS) is 10.2. The molecule has 0 aliphatic rings. The van der Waals surface area contributed by atoms with Crippen LogP contribution in [0.15, 0.2) is 71.6 Å². The van der Waals surface area contributed by atoms with Crippen LogP contribution < -0.4 is 25.0 Å². The number of hydrogen-bond donors (Lipinski definition) is 4. The maximum Gasteiger partial charge on any atom is 0.335 e. The van der Waals surface area contributed by atoms with Gasteiger partial charge in [0.25, 0.3) is 0 Å². The molecule has 0 aromatic heterocycles. The standard InChI is InChI=1S/C23H24N4O4S/c1-27(2)19-9-5-7-17(14-19)25-23(30)24-16-6-4-8-18(13-16)26-32-21-12-15(22(28)29)10-11-20(21)31-3/h4-14,26H,1-3H3,(H,28,29)(H2,24,25,30). The van der Waals surface area contributed by atoms with E-state index in [1.54, 1.807) is 24.3 Å². The second-order valence-corrected chi connectivity index (χ2v) is 7.83. The summed E-state index contributed by atoms with van der Waals surface area (Å²) in [6.07, 6.45) is 0. The molecule has 0 heterocycles.